The number of piperazine rings is 1. The SMILES string of the molecule is O=S(=O)(c1cccc(C(F)(F)F)c1)N1CCN2C[C@H](Oc3cnc(Cl)c(C(F)(F)F)c3)C[C@H]2C1. The number of aromatic nitrogens is 1. The molecule has 0 saturated carbocycles. The summed E-state index contributed by atoms with van der Waals surface area (Å²) in [5.41, 5.74) is -2.18. The molecule has 3 heterocycles. The Labute approximate surface area is 196 Å². The molecule has 2 saturated heterocycles. The van der Waals surface area contributed by atoms with Crippen molar-refractivity contribution in [2.75, 3.05) is 26.2 Å². The van der Waals surface area contributed by atoms with Crippen molar-refractivity contribution in [1.82, 2.24) is 14.2 Å². The highest BCUT2D eigenvalue weighted by Gasteiger charge is 2.42. The first kappa shape index (κ1) is 25.0. The summed E-state index contributed by atoms with van der Waals surface area (Å²) in [6, 6.07) is 4.02. The molecule has 2 aliphatic heterocycles. The fourth-order valence-corrected chi connectivity index (χ4v) is 5.86. The van der Waals surface area contributed by atoms with E-state index in [1.807, 2.05) is 4.90 Å². The van der Waals surface area contributed by atoms with Crippen molar-refractivity contribution in [2.24, 2.45) is 0 Å². The molecule has 2 atom stereocenters. The number of pyridine rings is 1. The fourth-order valence-electron chi connectivity index (χ4n) is 4.14. The van der Waals surface area contributed by atoms with Crippen LogP contribution in [0.15, 0.2) is 41.4 Å². The van der Waals surface area contributed by atoms with Gasteiger partial charge in [-0.05, 0) is 24.3 Å². The van der Waals surface area contributed by atoms with E-state index in [2.05, 4.69) is 4.98 Å². The van der Waals surface area contributed by atoms with Crippen molar-refractivity contribution in [2.45, 2.75) is 35.8 Å². The molecule has 0 spiro atoms. The zero-order valence-corrected chi connectivity index (χ0v) is 18.8. The minimum Gasteiger partial charge on any atom is -0.487 e. The van der Waals surface area contributed by atoms with Gasteiger partial charge in [-0.1, -0.05) is 17.7 Å². The van der Waals surface area contributed by atoms with Crippen molar-refractivity contribution in [3.63, 3.8) is 0 Å². The molecular formula is C20H18ClF6N3O3S. The maximum Gasteiger partial charge on any atom is 0.419 e. The molecule has 34 heavy (non-hydrogen) atoms. The van der Waals surface area contributed by atoms with Crippen molar-refractivity contribution in [3.8, 4) is 5.75 Å². The van der Waals surface area contributed by atoms with Gasteiger partial charge in [0.2, 0.25) is 10.0 Å². The molecule has 1 aromatic heterocycles. The molecule has 0 aliphatic carbocycles. The van der Waals surface area contributed by atoms with Crippen molar-refractivity contribution in [3.05, 3.63) is 52.8 Å². The number of fused-ring (bicyclic) bond motifs is 1. The first-order valence-electron chi connectivity index (χ1n) is 10.1. The summed E-state index contributed by atoms with van der Waals surface area (Å²) in [6.07, 6.45) is -8.50. The predicted molar refractivity (Wildman–Crippen MR) is 109 cm³/mol. The second-order valence-corrected chi connectivity index (χ2v) is 10.3. The molecule has 6 nitrogen and oxygen atoms in total. The molecule has 0 radical (unpaired) electrons. The molecular weight excluding hydrogens is 512 g/mol. The zero-order valence-electron chi connectivity index (χ0n) is 17.3. The standard InChI is InChI=1S/C20H18ClF6N3O3S/c21-18-17(20(25,26)27)8-14(9-28-18)33-15-7-13-10-30(5-4-29(13)11-15)34(31,32)16-3-1-2-12(6-16)19(22,23)24/h1-3,6,8-9,13,15H,4-5,7,10-11H2/t13-,15+/m0/s1. The summed E-state index contributed by atoms with van der Waals surface area (Å²) in [6.45, 7) is 0.731. The van der Waals surface area contributed by atoms with Crippen LogP contribution in [0.3, 0.4) is 0 Å². The largest absolute Gasteiger partial charge is 0.487 e. The quantitative estimate of drug-likeness (QED) is 0.437. The van der Waals surface area contributed by atoms with Crippen molar-refractivity contribution in [1.29, 1.82) is 0 Å². The Hall–Kier alpha value is -2.09. The predicted octanol–water partition coefficient (Wildman–Crippen LogP) is 4.30. The molecule has 2 aliphatic rings. The molecule has 4 rings (SSSR count). The van der Waals surface area contributed by atoms with E-state index in [0.717, 1.165) is 34.8 Å². The van der Waals surface area contributed by atoms with Crippen LogP contribution < -0.4 is 4.74 Å². The lowest BCUT2D eigenvalue weighted by atomic mass is 10.1. The van der Waals surface area contributed by atoms with Gasteiger partial charge in [0.25, 0.3) is 0 Å². The van der Waals surface area contributed by atoms with Gasteiger partial charge >= 0.3 is 12.4 Å². The van der Waals surface area contributed by atoms with E-state index in [-0.39, 0.29) is 24.9 Å². The van der Waals surface area contributed by atoms with Crippen LogP contribution >= 0.6 is 11.6 Å². The van der Waals surface area contributed by atoms with Gasteiger partial charge in [0.15, 0.2) is 0 Å². The third-order valence-electron chi connectivity index (χ3n) is 5.76. The number of hydrogen-bond acceptors (Lipinski definition) is 5. The first-order chi connectivity index (χ1) is 15.7. The van der Waals surface area contributed by atoms with Crippen LogP contribution in [0.25, 0.3) is 0 Å². The summed E-state index contributed by atoms with van der Waals surface area (Å²) in [4.78, 5) is 5.01. The lowest BCUT2D eigenvalue weighted by Crippen LogP contribution is -2.51. The molecule has 0 bridgehead atoms. The molecule has 2 aromatic rings. The Morgan fingerprint density at radius 1 is 1.03 bits per heavy atom. The van der Waals surface area contributed by atoms with Gasteiger partial charge in [0.05, 0.1) is 22.2 Å². The highest BCUT2D eigenvalue weighted by molar-refractivity contribution is 7.89. The van der Waals surface area contributed by atoms with Gasteiger partial charge in [0, 0.05) is 38.6 Å². The average Bonchev–Trinajstić information content (AvgIpc) is 3.15. The van der Waals surface area contributed by atoms with E-state index in [1.165, 1.54) is 0 Å². The molecule has 0 unspecified atom stereocenters. The van der Waals surface area contributed by atoms with E-state index < -0.39 is 49.7 Å². The Balaban J connectivity index is 1.45. The average molecular weight is 530 g/mol. The summed E-state index contributed by atoms with van der Waals surface area (Å²) in [5.74, 6) is -0.116. The van der Waals surface area contributed by atoms with Crippen LogP contribution in [-0.4, -0.2) is 60.9 Å². The van der Waals surface area contributed by atoms with Gasteiger partial charge in [-0.3, -0.25) is 4.90 Å². The van der Waals surface area contributed by atoms with Gasteiger partial charge in [-0.2, -0.15) is 30.6 Å². The smallest absolute Gasteiger partial charge is 0.419 e. The number of benzene rings is 1. The Morgan fingerprint density at radius 2 is 1.76 bits per heavy atom. The minimum atomic E-state index is -4.70. The molecule has 186 valence electrons. The third kappa shape index (κ3) is 5.11. The van der Waals surface area contributed by atoms with Gasteiger partial charge in [0.1, 0.15) is 17.0 Å². The number of rotatable bonds is 4. The highest BCUT2D eigenvalue weighted by Crippen LogP contribution is 2.37. The van der Waals surface area contributed by atoms with Gasteiger partial charge < -0.3 is 4.74 Å². The number of sulfonamides is 1. The van der Waals surface area contributed by atoms with Crippen LogP contribution in [0.4, 0.5) is 26.3 Å². The maximum atomic E-state index is 13.1. The van der Waals surface area contributed by atoms with Crippen LogP contribution in [0.1, 0.15) is 17.5 Å². The second-order valence-electron chi connectivity index (χ2n) is 8.02. The topological polar surface area (TPSA) is 62.7 Å². The zero-order chi connectivity index (χ0) is 24.9. The Kier molecular flexibility index (Phi) is 6.51. The summed E-state index contributed by atoms with van der Waals surface area (Å²) < 4.78 is 111. The minimum absolute atomic E-state index is 0.0190. The first-order valence-corrected chi connectivity index (χ1v) is 11.9. The number of hydrogen-bond donors (Lipinski definition) is 0. The number of halogens is 7. The van der Waals surface area contributed by atoms with Crippen LogP contribution in [-0.2, 0) is 22.4 Å². The number of nitrogens with zero attached hydrogens (tertiary/aromatic N) is 3. The number of alkyl halides is 6. The maximum absolute atomic E-state index is 13.1. The summed E-state index contributed by atoms with van der Waals surface area (Å²) >= 11 is 5.52. The van der Waals surface area contributed by atoms with E-state index in [9.17, 15) is 34.8 Å². The monoisotopic (exact) mass is 529 g/mol. The molecule has 0 N–H and O–H groups in total. The molecule has 1 aromatic carbocycles. The molecule has 2 fully saturated rings. The fraction of sp³-hybridized carbons (Fsp3) is 0.450. The lowest BCUT2D eigenvalue weighted by molar-refractivity contribution is -0.138. The highest BCUT2D eigenvalue weighted by atomic mass is 35.5. The van der Waals surface area contributed by atoms with Crippen LogP contribution in [0, 0.1) is 0 Å². The van der Waals surface area contributed by atoms with E-state index in [1.54, 1.807) is 0 Å². The van der Waals surface area contributed by atoms with Crippen LogP contribution in [0.5, 0.6) is 5.75 Å². The third-order valence-corrected chi connectivity index (χ3v) is 7.92. The van der Waals surface area contributed by atoms with E-state index >= 15 is 0 Å². The van der Waals surface area contributed by atoms with Crippen LogP contribution in [0.2, 0.25) is 5.15 Å². The lowest BCUT2D eigenvalue weighted by Gasteiger charge is -2.36. The second kappa shape index (κ2) is 8.85. The van der Waals surface area contributed by atoms with Gasteiger partial charge in [-0.15, -0.1) is 0 Å². The molecule has 14 heteroatoms. The Morgan fingerprint density at radius 3 is 2.44 bits per heavy atom. The Bertz CT molecular complexity index is 1170. The van der Waals surface area contributed by atoms with E-state index in [0.29, 0.717) is 25.6 Å². The van der Waals surface area contributed by atoms with Gasteiger partial charge in [-0.25, -0.2) is 13.4 Å². The van der Waals surface area contributed by atoms with Crippen molar-refractivity contribution < 1.29 is 39.5 Å². The molecule has 0 amide bonds. The van der Waals surface area contributed by atoms with E-state index in [4.69, 9.17) is 16.3 Å². The summed E-state index contributed by atoms with van der Waals surface area (Å²) in [5, 5.41) is -0.695. The summed E-state index contributed by atoms with van der Waals surface area (Å²) in [7, 11) is -4.17. The normalized spacial score (nSPS) is 22.6. The van der Waals surface area contributed by atoms with Crippen molar-refractivity contribution >= 4 is 21.6 Å². The number of ether oxygens (including phenoxy) is 1.